The first kappa shape index (κ1) is 15.5. The molecule has 0 atom stereocenters. The highest BCUT2D eigenvalue weighted by Gasteiger charge is 2.06. The number of rotatable bonds is 4. The van der Waals surface area contributed by atoms with Gasteiger partial charge in [-0.25, -0.2) is 5.43 Å². The lowest BCUT2D eigenvalue weighted by molar-refractivity contribution is 0.0959. The highest BCUT2D eigenvalue weighted by atomic mass is 35.5. The zero-order valence-electron chi connectivity index (χ0n) is 12.2. The van der Waals surface area contributed by atoms with Crippen LogP contribution >= 0.6 is 22.9 Å². The molecule has 2 aromatic heterocycles. The third-order valence-corrected chi connectivity index (χ3v) is 4.46. The number of hydrogen-bond donors (Lipinski definition) is 1. The first-order valence-corrected chi connectivity index (χ1v) is 8.12. The van der Waals surface area contributed by atoms with Gasteiger partial charge in [0.05, 0.1) is 11.1 Å². The van der Waals surface area contributed by atoms with Gasteiger partial charge in [-0.2, -0.15) is 5.10 Å². The number of amides is 1. The van der Waals surface area contributed by atoms with Crippen LogP contribution < -0.4 is 5.43 Å². The average molecular weight is 345 g/mol. The lowest BCUT2D eigenvalue weighted by atomic mass is 10.1. The van der Waals surface area contributed by atoms with E-state index in [2.05, 4.69) is 10.5 Å². The minimum absolute atomic E-state index is 0.242. The van der Waals surface area contributed by atoms with Crippen LogP contribution in [-0.2, 0) is 0 Å². The average Bonchev–Trinajstić information content (AvgIpc) is 3.21. The van der Waals surface area contributed by atoms with Crippen molar-refractivity contribution in [3.05, 3.63) is 69.1 Å². The Morgan fingerprint density at radius 3 is 2.91 bits per heavy atom. The Bertz CT molecular complexity index is 853. The SMILES string of the molecule is Cc1ccc(-c2ccc(C=NNC(=O)c3cccs3)o2)cc1Cl. The summed E-state index contributed by atoms with van der Waals surface area (Å²) in [5.74, 6) is 0.995. The summed E-state index contributed by atoms with van der Waals surface area (Å²) in [7, 11) is 0. The van der Waals surface area contributed by atoms with Crippen molar-refractivity contribution in [2.75, 3.05) is 0 Å². The number of carbonyl (C=O) groups is 1. The monoisotopic (exact) mass is 344 g/mol. The first-order valence-electron chi connectivity index (χ1n) is 6.87. The van der Waals surface area contributed by atoms with Crippen LogP contribution in [0.25, 0.3) is 11.3 Å². The van der Waals surface area contributed by atoms with Gasteiger partial charge in [0.2, 0.25) is 0 Å². The topological polar surface area (TPSA) is 54.6 Å². The lowest BCUT2D eigenvalue weighted by Crippen LogP contribution is -2.15. The number of halogens is 1. The van der Waals surface area contributed by atoms with Crippen molar-refractivity contribution < 1.29 is 9.21 Å². The van der Waals surface area contributed by atoms with E-state index in [0.29, 0.717) is 21.4 Å². The number of hydrazone groups is 1. The molecule has 116 valence electrons. The second-order valence-corrected chi connectivity index (χ2v) is 6.20. The van der Waals surface area contributed by atoms with E-state index >= 15 is 0 Å². The summed E-state index contributed by atoms with van der Waals surface area (Å²) in [5.41, 5.74) is 4.36. The van der Waals surface area contributed by atoms with E-state index in [-0.39, 0.29) is 5.91 Å². The molecule has 23 heavy (non-hydrogen) atoms. The summed E-state index contributed by atoms with van der Waals surface area (Å²) in [6.45, 7) is 1.95. The molecule has 2 heterocycles. The van der Waals surface area contributed by atoms with Gasteiger partial charge < -0.3 is 4.42 Å². The van der Waals surface area contributed by atoms with Crippen molar-refractivity contribution in [1.82, 2.24) is 5.43 Å². The number of furan rings is 1. The van der Waals surface area contributed by atoms with Crippen LogP contribution in [-0.4, -0.2) is 12.1 Å². The first-order chi connectivity index (χ1) is 11.1. The van der Waals surface area contributed by atoms with Crippen molar-refractivity contribution in [1.29, 1.82) is 0 Å². The number of nitrogens with one attached hydrogen (secondary N) is 1. The zero-order valence-corrected chi connectivity index (χ0v) is 13.8. The molecule has 0 aliphatic rings. The van der Waals surface area contributed by atoms with Crippen LogP contribution in [0, 0.1) is 6.92 Å². The van der Waals surface area contributed by atoms with Crippen LogP contribution in [0.1, 0.15) is 21.0 Å². The maximum absolute atomic E-state index is 11.7. The molecule has 0 saturated carbocycles. The van der Waals surface area contributed by atoms with E-state index in [0.717, 1.165) is 11.1 Å². The standard InChI is InChI=1S/C17H13ClN2O2S/c1-11-4-5-12(9-14(11)18)15-7-6-13(22-15)10-19-20-17(21)16-3-2-8-23-16/h2-10H,1H3,(H,20,21). The van der Waals surface area contributed by atoms with Crippen molar-refractivity contribution in [2.45, 2.75) is 6.92 Å². The molecule has 3 aromatic rings. The quantitative estimate of drug-likeness (QED) is 0.549. The number of hydrogen-bond acceptors (Lipinski definition) is 4. The third-order valence-electron chi connectivity index (χ3n) is 3.19. The van der Waals surface area contributed by atoms with Gasteiger partial charge in [0.15, 0.2) is 0 Å². The number of thiophene rings is 1. The lowest BCUT2D eigenvalue weighted by Gasteiger charge is -2.00. The number of carbonyl (C=O) groups excluding carboxylic acids is 1. The molecule has 0 unspecified atom stereocenters. The summed E-state index contributed by atoms with van der Waals surface area (Å²) < 4.78 is 5.68. The van der Waals surface area contributed by atoms with Gasteiger partial charge in [0, 0.05) is 10.6 Å². The van der Waals surface area contributed by atoms with Crippen LogP contribution in [0.5, 0.6) is 0 Å². The molecular weight excluding hydrogens is 332 g/mol. The Kier molecular flexibility index (Phi) is 4.60. The van der Waals surface area contributed by atoms with Gasteiger partial charge in [0.25, 0.3) is 5.91 Å². The third kappa shape index (κ3) is 3.70. The summed E-state index contributed by atoms with van der Waals surface area (Å²) in [5, 5.41) is 6.43. The predicted octanol–water partition coefficient (Wildman–Crippen LogP) is 4.73. The Hall–Kier alpha value is -2.37. The number of aryl methyl sites for hydroxylation is 1. The molecule has 6 heteroatoms. The second-order valence-electron chi connectivity index (χ2n) is 4.84. The fourth-order valence-electron chi connectivity index (χ4n) is 1.94. The Balaban J connectivity index is 1.68. The molecule has 1 amide bonds. The minimum Gasteiger partial charge on any atom is -0.455 e. The highest BCUT2D eigenvalue weighted by Crippen LogP contribution is 2.26. The molecule has 0 aliphatic heterocycles. The summed E-state index contributed by atoms with van der Waals surface area (Å²) in [6, 6.07) is 12.9. The second kappa shape index (κ2) is 6.81. The molecule has 0 fully saturated rings. The van der Waals surface area contributed by atoms with Gasteiger partial charge >= 0.3 is 0 Å². The van der Waals surface area contributed by atoms with Crippen molar-refractivity contribution in [2.24, 2.45) is 5.10 Å². The molecule has 0 radical (unpaired) electrons. The Labute approximate surface area is 142 Å². The molecule has 0 spiro atoms. The van der Waals surface area contributed by atoms with Crippen LogP contribution in [0.4, 0.5) is 0 Å². The molecular formula is C17H13ClN2O2S. The molecule has 3 rings (SSSR count). The summed E-state index contributed by atoms with van der Waals surface area (Å²) >= 11 is 7.48. The van der Waals surface area contributed by atoms with E-state index < -0.39 is 0 Å². The Morgan fingerprint density at radius 2 is 2.17 bits per heavy atom. The van der Waals surface area contributed by atoms with Crippen LogP contribution in [0.15, 0.2) is 57.4 Å². The van der Waals surface area contributed by atoms with E-state index in [1.54, 1.807) is 12.1 Å². The van der Waals surface area contributed by atoms with Gasteiger partial charge in [-0.15, -0.1) is 11.3 Å². The van der Waals surface area contributed by atoms with E-state index in [9.17, 15) is 4.79 Å². The molecule has 1 N–H and O–H groups in total. The van der Waals surface area contributed by atoms with E-state index in [4.69, 9.17) is 16.0 Å². The summed E-state index contributed by atoms with van der Waals surface area (Å²) in [6.07, 6.45) is 1.46. The molecule has 4 nitrogen and oxygen atoms in total. The van der Waals surface area contributed by atoms with Crippen molar-refractivity contribution in [3.63, 3.8) is 0 Å². The van der Waals surface area contributed by atoms with E-state index in [1.807, 2.05) is 42.6 Å². The molecule has 0 saturated heterocycles. The van der Waals surface area contributed by atoms with Gasteiger partial charge in [-0.05, 0) is 42.1 Å². The van der Waals surface area contributed by atoms with Crippen molar-refractivity contribution in [3.8, 4) is 11.3 Å². The smallest absolute Gasteiger partial charge is 0.281 e. The maximum Gasteiger partial charge on any atom is 0.281 e. The Morgan fingerprint density at radius 1 is 1.30 bits per heavy atom. The van der Waals surface area contributed by atoms with Gasteiger partial charge in [-0.1, -0.05) is 29.8 Å². The van der Waals surface area contributed by atoms with E-state index in [1.165, 1.54) is 17.6 Å². The number of benzene rings is 1. The zero-order chi connectivity index (χ0) is 16.2. The molecule has 1 aromatic carbocycles. The van der Waals surface area contributed by atoms with Crippen LogP contribution in [0.3, 0.4) is 0 Å². The minimum atomic E-state index is -0.242. The van der Waals surface area contributed by atoms with Crippen molar-refractivity contribution >= 4 is 35.1 Å². The normalized spacial score (nSPS) is 11.0. The summed E-state index contributed by atoms with van der Waals surface area (Å²) in [4.78, 5) is 12.3. The highest BCUT2D eigenvalue weighted by molar-refractivity contribution is 7.12. The fourth-order valence-corrected chi connectivity index (χ4v) is 2.73. The predicted molar refractivity (Wildman–Crippen MR) is 93.3 cm³/mol. The fraction of sp³-hybridized carbons (Fsp3) is 0.0588. The molecule has 0 bridgehead atoms. The number of nitrogens with zero attached hydrogens (tertiary/aromatic N) is 1. The maximum atomic E-state index is 11.7. The van der Waals surface area contributed by atoms with Crippen LogP contribution in [0.2, 0.25) is 5.02 Å². The van der Waals surface area contributed by atoms with Gasteiger partial charge in [0.1, 0.15) is 11.5 Å². The van der Waals surface area contributed by atoms with Gasteiger partial charge in [-0.3, -0.25) is 4.79 Å². The largest absolute Gasteiger partial charge is 0.455 e. The molecule has 0 aliphatic carbocycles.